The highest BCUT2D eigenvalue weighted by Gasteiger charge is 2.59. The number of rotatable bonds is 59. The Morgan fingerprint density at radius 3 is 1.50 bits per heavy atom. The van der Waals surface area contributed by atoms with E-state index in [0.29, 0.717) is 43.5 Å². The number of esters is 5. The average molecular weight is 1420 g/mol. The van der Waals surface area contributed by atoms with E-state index in [4.69, 9.17) is 23.7 Å². The lowest BCUT2D eigenvalue weighted by molar-refractivity contribution is -0.163. The quantitative estimate of drug-likeness (QED) is 0.0246. The van der Waals surface area contributed by atoms with Crippen LogP contribution in [0.15, 0.2) is 11.6 Å². The summed E-state index contributed by atoms with van der Waals surface area (Å²) in [6.45, 7) is 30.1. The molecule has 3 unspecified atom stereocenters. The lowest BCUT2D eigenvalue weighted by atomic mass is 9.47. The van der Waals surface area contributed by atoms with Crippen LogP contribution in [-0.2, 0) is 52.5 Å². The van der Waals surface area contributed by atoms with E-state index in [1.165, 1.54) is 158 Å². The van der Waals surface area contributed by atoms with Crippen molar-refractivity contribution in [3.63, 3.8) is 0 Å². The van der Waals surface area contributed by atoms with Crippen molar-refractivity contribution in [2.24, 2.45) is 58.2 Å². The van der Waals surface area contributed by atoms with Crippen molar-refractivity contribution in [1.82, 2.24) is 9.80 Å². The topological polar surface area (TPSA) is 155 Å². The Bertz CT molecular complexity index is 2240. The number of carbonyl (C=O) groups is 6. The van der Waals surface area contributed by atoms with Crippen molar-refractivity contribution in [3.8, 4) is 0 Å². The Hall–Kier alpha value is -3.48. The van der Waals surface area contributed by atoms with E-state index in [0.717, 1.165) is 178 Å². The molecule has 0 heterocycles. The second-order valence-electron chi connectivity index (χ2n) is 34.5. The van der Waals surface area contributed by atoms with Crippen LogP contribution in [-0.4, -0.2) is 110 Å². The third kappa shape index (κ3) is 35.7. The van der Waals surface area contributed by atoms with Crippen molar-refractivity contribution in [2.45, 2.75) is 403 Å². The van der Waals surface area contributed by atoms with Crippen molar-refractivity contribution in [2.75, 3.05) is 52.5 Å². The van der Waals surface area contributed by atoms with Gasteiger partial charge in [-0.25, -0.2) is 0 Å². The normalized spacial score (nSPS) is 22.0. The van der Waals surface area contributed by atoms with Crippen molar-refractivity contribution in [1.29, 1.82) is 0 Å². The van der Waals surface area contributed by atoms with Crippen molar-refractivity contribution < 1.29 is 52.5 Å². The number of hydrogen-bond acceptors (Lipinski definition) is 12. The lowest BCUT2D eigenvalue weighted by Crippen LogP contribution is -2.51. The Morgan fingerprint density at radius 2 is 0.960 bits per heavy atom. The number of amides is 1. The van der Waals surface area contributed by atoms with Gasteiger partial charge in [0, 0.05) is 19.3 Å². The highest BCUT2D eigenvalue weighted by molar-refractivity contribution is 5.86. The van der Waals surface area contributed by atoms with E-state index >= 15 is 0 Å². The maximum absolute atomic E-state index is 13.9. The zero-order valence-corrected chi connectivity index (χ0v) is 67.8. The van der Waals surface area contributed by atoms with Crippen LogP contribution in [0.1, 0.15) is 391 Å². The second kappa shape index (κ2) is 51.7. The first-order valence-electron chi connectivity index (χ1n) is 43.2. The van der Waals surface area contributed by atoms with E-state index in [9.17, 15) is 28.8 Å². The number of nitrogens with zero attached hydrogens (tertiary/aromatic N) is 2. The summed E-state index contributed by atoms with van der Waals surface area (Å²) < 4.78 is 29.4. The van der Waals surface area contributed by atoms with E-state index in [1.807, 2.05) is 0 Å². The molecule has 1 amide bonds. The highest BCUT2D eigenvalue weighted by atomic mass is 16.6. The minimum Gasteiger partial charge on any atom is -0.466 e. The molecule has 0 radical (unpaired) electrons. The molecule has 3 fully saturated rings. The first kappa shape index (κ1) is 89.9. The molecule has 4 aliphatic carbocycles. The number of fused-ring (bicyclic) bond motifs is 5. The number of hydrogen-bond donors (Lipinski definition) is 0. The van der Waals surface area contributed by atoms with E-state index in [1.54, 1.807) is 20.8 Å². The minimum absolute atomic E-state index is 0.0105. The summed E-state index contributed by atoms with van der Waals surface area (Å²) in [6, 6.07) is 0. The molecule has 4 rings (SSSR count). The van der Waals surface area contributed by atoms with Gasteiger partial charge >= 0.3 is 29.8 Å². The van der Waals surface area contributed by atoms with E-state index < -0.39 is 23.4 Å². The van der Waals surface area contributed by atoms with Crippen LogP contribution < -0.4 is 0 Å². The van der Waals surface area contributed by atoms with Gasteiger partial charge in [-0.3, -0.25) is 28.8 Å². The summed E-state index contributed by atoms with van der Waals surface area (Å²) in [5.41, 5.74) is 1.19. The molecule has 13 heteroatoms. The van der Waals surface area contributed by atoms with Crippen molar-refractivity contribution >= 4 is 35.8 Å². The fraction of sp³-hybridized carbons (Fsp3) is 0.909. The van der Waals surface area contributed by atoms with Gasteiger partial charge in [0.15, 0.2) is 0 Å². The molecule has 4 aliphatic rings. The van der Waals surface area contributed by atoms with Gasteiger partial charge in [-0.05, 0) is 202 Å². The Morgan fingerprint density at radius 1 is 0.485 bits per heavy atom. The molecule has 0 aromatic carbocycles. The van der Waals surface area contributed by atoms with Crippen molar-refractivity contribution in [3.05, 3.63) is 11.6 Å². The molecule has 0 bridgehead atoms. The van der Waals surface area contributed by atoms with Gasteiger partial charge in [-0.2, -0.15) is 0 Å². The zero-order valence-electron chi connectivity index (χ0n) is 67.8. The maximum Gasteiger partial charge on any atom is 0.326 e. The highest BCUT2D eigenvalue weighted by Crippen LogP contribution is 2.67. The van der Waals surface area contributed by atoms with E-state index in [2.05, 4.69) is 73.3 Å². The molecule has 101 heavy (non-hydrogen) atoms. The molecule has 0 saturated heterocycles. The molecule has 13 nitrogen and oxygen atoms in total. The van der Waals surface area contributed by atoms with Gasteiger partial charge in [0.05, 0.1) is 31.7 Å². The van der Waals surface area contributed by atoms with Crippen LogP contribution in [0.2, 0.25) is 0 Å². The smallest absolute Gasteiger partial charge is 0.326 e. The predicted molar refractivity (Wildman–Crippen MR) is 415 cm³/mol. The summed E-state index contributed by atoms with van der Waals surface area (Å²) in [5, 5.41) is 0. The van der Waals surface area contributed by atoms with Crippen LogP contribution in [0.3, 0.4) is 0 Å². The van der Waals surface area contributed by atoms with Gasteiger partial charge < -0.3 is 33.5 Å². The SMILES string of the molecule is CCCCCCCCC(CCCCCC)C(=O)OCCCCCCN(CCCCCCOC(=O)C(CCCCCC)CCCCCCCC)CCCCOC(=O)CCCC(=O)N(CC(=O)O[C@H]1CC[C@@]2(C)C(=CC[C@H]3[C@@H]4CC[C@H](C(C)CCCC(C)C)[C@@]4(C)CC[C@@H]32)C1)CC(=O)OC(C)(C)C. The van der Waals surface area contributed by atoms with E-state index in [-0.39, 0.29) is 73.6 Å². The summed E-state index contributed by atoms with van der Waals surface area (Å²) in [4.78, 5) is 84.5. The van der Waals surface area contributed by atoms with Crippen LogP contribution in [0.4, 0.5) is 0 Å². The molecule has 0 N–H and O–H groups in total. The predicted octanol–water partition coefficient (Wildman–Crippen LogP) is 22.8. The van der Waals surface area contributed by atoms with Gasteiger partial charge in [-0.1, -0.05) is 247 Å². The van der Waals surface area contributed by atoms with Crippen LogP contribution in [0, 0.1) is 58.2 Å². The summed E-state index contributed by atoms with van der Waals surface area (Å²) in [7, 11) is 0. The summed E-state index contributed by atoms with van der Waals surface area (Å²) in [6.07, 6.45) is 53.0. The fourth-order valence-electron chi connectivity index (χ4n) is 18.4. The number of ether oxygens (including phenoxy) is 5. The molecule has 586 valence electrons. The second-order valence-corrected chi connectivity index (χ2v) is 34.5. The standard InChI is InChI=1S/C88H158N2O11/c1-13-17-21-25-27-35-49-72(47-33-23-19-15-3)84(95)98-65-40-31-29-37-61-89(62-38-30-32-41-66-99-85(96)73(48-34-24-20-16-4)50-36-28-26-22-18-14-2)63-39-42-64-97-81(92)52-44-51-80(91)90(69-83(94)101-86(8,9)10)68-82(93)100-75-57-59-87(11)74(67-75)53-54-76-78-56-55-77(71(7)46-43-45-70(5)6)88(78,12)60-58-79(76)87/h53,70-73,75-79H,13-52,54-69H2,1-12H3/t71?,72?,73?,75-,76-,77+,78-,79-,87-,88+/m0/s1. The molecule has 0 spiro atoms. The van der Waals surface area contributed by atoms with Gasteiger partial charge in [0.2, 0.25) is 5.91 Å². The van der Waals surface area contributed by atoms with Crippen LogP contribution in [0.25, 0.3) is 0 Å². The first-order valence-corrected chi connectivity index (χ1v) is 43.2. The number of carbonyl (C=O) groups excluding carboxylic acids is 6. The molecule has 0 aromatic heterocycles. The molecule has 10 atom stereocenters. The monoisotopic (exact) mass is 1420 g/mol. The minimum atomic E-state index is -0.772. The summed E-state index contributed by atoms with van der Waals surface area (Å²) >= 11 is 0. The maximum atomic E-state index is 13.9. The molecule has 0 aliphatic heterocycles. The number of allylic oxidation sites excluding steroid dienone is 1. The number of unbranched alkanes of at least 4 members (excludes halogenated alkanes) is 23. The lowest BCUT2D eigenvalue weighted by Gasteiger charge is -2.58. The Kier molecular flexibility index (Phi) is 46.0. The average Bonchev–Trinajstić information content (AvgIpc) is 1.69. The molecular weight excluding hydrogens is 1260 g/mol. The fourth-order valence-corrected chi connectivity index (χ4v) is 18.4. The largest absolute Gasteiger partial charge is 0.466 e. The van der Waals surface area contributed by atoms with Crippen LogP contribution in [0.5, 0.6) is 0 Å². The molecule has 0 aromatic rings. The molecular formula is C88H158N2O11. The Labute approximate surface area is 620 Å². The van der Waals surface area contributed by atoms with Crippen LogP contribution >= 0.6 is 0 Å². The van der Waals surface area contributed by atoms with Gasteiger partial charge in [0.25, 0.3) is 0 Å². The molecule has 3 saturated carbocycles. The third-order valence-electron chi connectivity index (χ3n) is 24.4. The Balaban J connectivity index is 1.24. The third-order valence-corrected chi connectivity index (χ3v) is 24.4. The zero-order chi connectivity index (χ0) is 73.7. The first-order chi connectivity index (χ1) is 48.6. The van der Waals surface area contributed by atoms with Gasteiger partial charge in [-0.15, -0.1) is 0 Å². The van der Waals surface area contributed by atoms with Gasteiger partial charge in [0.1, 0.15) is 24.8 Å². The summed E-state index contributed by atoms with van der Waals surface area (Å²) in [5.74, 6) is 2.69.